The molecular formula is C15H21N3OS. The molecule has 0 aliphatic heterocycles. The van der Waals surface area contributed by atoms with Gasteiger partial charge < -0.3 is 4.42 Å². The summed E-state index contributed by atoms with van der Waals surface area (Å²) in [5.41, 5.74) is 1.12. The average Bonchev–Trinajstić information content (AvgIpc) is 3.00. The Morgan fingerprint density at radius 2 is 2.10 bits per heavy atom. The monoisotopic (exact) mass is 291 g/mol. The van der Waals surface area contributed by atoms with E-state index in [1.54, 1.807) is 18.0 Å². The Kier molecular flexibility index (Phi) is 5.61. The summed E-state index contributed by atoms with van der Waals surface area (Å²) < 4.78 is 5.44. The first-order chi connectivity index (χ1) is 9.70. The van der Waals surface area contributed by atoms with E-state index in [-0.39, 0.29) is 6.04 Å². The van der Waals surface area contributed by atoms with Crippen molar-refractivity contribution in [3.8, 4) is 0 Å². The Bertz CT molecular complexity index is 498. The predicted octanol–water partition coefficient (Wildman–Crippen LogP) is 3.76. The minimum Gasteiger partial charge on any atom is -0.468 e. The fraction of sp³-hybridized carbons (Fsp3) is 0.467. The van der Waals surface area contributed by atoms with Crippen LogP contribution in [0.25, 0.3) is 0 Å². The molecule has 1 unspecified atom stereocenters. The lowest BCUT2D eigenvalue weighted by Gasteiger charge is -2.22. The summed E-state index contributed by atoms with van der Waals surface area (Å²) in [7, 11) is 2.08. The van der Waals surface area contributed by atoms with Crippen molar-refractivity contribution in [1.82, 2.24) is 14.9 Å². The van der Waals surface area contributed by atoms with Gasteiger partial charge in [0.15, 0.2) is 5.16 Å². The Morgan fingerprint density at radius 3 is 2.70 bits per heavy atom. The number of thioether (sulfide) groups is 1. The van der Waals surface area contributed by atoms with E-state index in [4.69, 9.17) is 4.42 Å². The number of hydrogen-bond acceptors (Lipinski definition) is 5. The zero-order chi connectivity index (χ0) is 14.4. The highest BCUT2D eigenvalue weighted by Gasteiger charge is 2.14. The first kappa shape index (κ1) is 15.1. The topological polar surface area (TPSA) is 42.2 Å². The first-order valence-electron chi connectivity index (χ1n) is 6.88. The lowest BCUT2D eigenvalue weighted by molar-refractivity contribution is 0.223. The zero-order valence-corrected chi connectivity index (χ0v) is 13.1. The molecule has 1 atom stereocenters. The third-order valence-electron chi connectivity index (χ3n) is 3.16. The fourth-order valence-corrected chi connectivity index (χ4v) is 2.50. The van der Waals surface area contributed by atoms with Gasteiger partial charge in [-0.3, -0.25) is 4.90 Å². The third-order valence-corrected chi connectivity index (χ3v) is 4.25. The summed E-state index contributed by atoms with van der Waals surface area (Å²) in [4.78, 5) is 11.0. The van der Waals surface area contributed by atoms with Crippen LogP contribution in [0.3, 0.4) is 0 Å². The fourth-order valence-electron chi connectivity index (χ4n) is 1.86. The van der Waals surface area contributed by atoms with Crippen LogP contribution in [0.5, 0.6) is 0 Å². The van der Waals surface area contributed by atoms with Gasteiger partial charge in [-0.15, -0.1) is 0 Å². The van der Waals surface area contributed by atoms with Gasteiger partial charge in [0.05, 0.1) is 12.3 Å². The molecule has 0 spiro atoms. The highest BCUT2D eigenvalue weighted by Crippen LogP contribution is 2.21. The van der Waals surface area contributed by atoms with Crippen molar-refractivity contribution in [2.75, 3.05) is 12.8 Å². The van der Waals surface area contributed by atoms with Crippen LogP contribution in [-0.2, 0) is 6.54 Å². The number of furan rings is 1. The molecule has 0 radical (unpaired) electrons. The van der Waals surface area contributed by atoms with Crippen LogP contribution in [0.1, 0.15) is 37.6 Å². The van der Waals surface area contributed by atoms with E-state index < -0.39 is 0 Å². The van der Waals surface area contributed by atoms with Crippen molar-refractivity contribution in [2.24, 2.45) is 0 Å². The van der Waals surface area contributed by atoms with Crippen molar-refractivity contribution in [2.45, 2.75) is 38.0 Å². The van der Waals surface area contributed by atoms with Crippen molar-refractivity contribution < 1.29 is 4.42 Å². The molecule has 2 heterocycles. The summed E-state index contributed by atoms with van der Waals surface area (Å²) in [6.07, 6.45) is 6.68. The van der Waals surface area contributed by atoms with Gasteiger partial charge in [0.25, 0.3) is 0 Å². The Hall–Kier alpha value is -1.33. The molecule has 0 N–H and O–H groups in total. The molecule has 0 aliphatic rings. The molecule has 0 fully saturated rings. The highest BCUT2D eigenvalue weighted by molar-refractivity contribution is 7.99. The smallest absolute Gasteiger partial charge is 0.187 e. The maximum absolute atomic E-state index is 5.44. The van der Waals surface area contributed by atoms with Crippen molar-refractivity contribution in [3.63, 3.8) is 0 Å². The molecule has 5 heteroatoms. The lowest BCUT2D eigenvalue weighted by atomic mass is 10.2. The van der Waals surface area contributed by atoms with Gasteiger partial charge >= 0.3 is 0 Å². The van der Waals surface area contributed by atoms with Crippen molar-refractivity contribution in [1.29, 1.82) is 0 Å². The van der Waals surface area contributed by atoms with Crippen LogP contribution in [0, 0.1) is 0 Å². The van der Waals surface area contributed by atoms with E-state index in [9.17, 15) is 0 Å². The molecule has 108 valence electrons. The maximum atomic E-state index is 5.44. The molecule has 4 nitrogen and oxygen atoms in total. The average molecular weight is 291 g/mol. The molecule has 0 aliphatic carbocycles. The number of rotatable bonds is 7. The van der Waals surface area contributed by atoms with Crippen LogP contribution in [0.4, 0.5) is 0 Å². The highest BCUT2D eigenvalue weighted by atomic mass is 32.2. The molecule has 0 saturated carbocycles. The zero-order valence-electron chi connectivity index (χ0n) is 12.2. The van der Waals surface area contributed by atoms with Crippen LogP contribution in [0.2, 0.25) is 0 Å². The summed E-state index contributed by atoms with van der Waals surface area (Å²) in [5, 5.41) is 0.859. The van der Waals surface area contributed by atoms with Crippen molar-refractivity contribution in [3.05, 3.63) is 42.1 Å². The predicted molar refractivity (Wildman–Crippen MR) is 81.6 cm³/mol. The second-order valence-electron chi connectivity index (χ2n) is 4.83. The van der Waals surface area contributed by atoms with E-state index in [2.05, 4.69) is 35.8 Å². The van der Waals surface area contributed by atoms with Crippen LogP contribution in [0.15, 0.2) is 40.4 Å². The molecule has 0 bridgehead atoms. The van der Waals surface area contributed by atoms with Gasteiger partial charge in [0, 0.05) is 30.3 Å². The molecule has 20 heavy (non-hydrogen) atoms. The van der Waals surface area contributed by atoms with Crippen LogP contribution >= 0.6 is 11.8 Å². The van der Waals surface area contributed by atoms with E-state index in [1.165, 1.54) is 0 Å². The molecule has 2 aromatic heterocycles. The number of nitrogens with zero attached hydrogens (tertiary/aromatic N) is 3. The summed E-state index contributed by atoms with van der Waals surface area (Å²) in [5.74, 6) is 2.04. The van der Waals surface area contributed by atoms with Gasteiger partial charge in [-0.2, -0.15) is 0 Å². The molecule has 0 aromatic carbocycles. The Balaban J connectivity index is 1.92. The first-order valence-corrected chi connectivity index (χ1v) is 7.86. The lowest BCUT2D eigenvalue weighted by Crippen LogP contribution is -2.21. The van der Waals surface area contributed by atoms with E-state index in [0.717, 1.165) is 35.2 Å². The summed E-state index contributed by atoms with van der Waals surface area (Å²) in [6.45, 7) is 5.10. The van der Waals surface area contributed by atoms with Gasteiger partial charge in [0.1, 0.15) is 5.76 Å². The summed E-state index contributed by atoms with van der Waals surface area (Å²) >= 11 is 1.70. The largest absolute Gasteiger partial charge is 0.468 e. The van der Waals surface area contributed by atoms with Crippen molar-refractivity contribution >= 4 is 11.8 Å². The standard InChI is InChI=1S/C15H21N3OS/c1-4-8-20-15-16-9-13(10-17-15)11-18(3)12(2)14-6-5-7-19-14/h5-7,9-10,12H,4,8,11H2,1-3H3. The normalized spacial score (nSPS) is 12.8. The van der Waals surface area contributed by atoms with Gasteiger partial charge in [-0.1, -0.05) is 18.7 Å². The molecular weight excluding hydrogens is 270 g/mol. The van der Waals surface area contributed by atoms with Gasteiger partial charge in [-0.25, -0.2) is 9.97 Å². The van der Waals surface area contributed by atoms with E-state index in [1.807, 2.05) is 24.5 Å². The second kappa shape index (κ2) is 7.45. The molecule has 0 saturated heterocycles. The Morgan fingerprint density at radius 1 is 1.35 bits per heavy atom. The molecule has 2 aromatic rings. The van der Waals surface area contributed by atoms with Gasteiger partial charge in [0.2, 0.25) is 0 Å². The van der Waals surface area contributed by atoms with Crippen LogP contribution < -0.4 is 0 Å². The third kappa shape index (κ3) is 4.08. The molecule has 2 rings (SSSR count). The Labute approximate surface area is 124 Å². The van der Waals surface area contributed by atoms with E-state index >= 15 is 0 Å². The molecule has 0 amide bonds. The maximum Gasteiger partial charge on any atom is 0.187 e. The van der Waals surface area contributed by atoms with Gasteiger partial charge in [-0.05, 0) is 32.5 Å². The van der Waals surface area contributed by atoms with Crippen LogP contribution in [-0.4, -0.2) is 27.7 Å². The second-order valence-corrected chi connectivity index (χ2v) is 5.89. The number of aromatic nitrogens is 2. The SMILES string of the molecule is CCCSc1ncc(CN(C)C(C)c2ccco2)cn1. The number of hydrogen-bond donors (Lipinski definition) is 0. The summed E-state index contributed by atoms with van der Waals surface area (Å²) in [6, 6.07) is 4.16. The quantitative estimate of drug-likeness (QED) is 0.574. The van der Waals surface area contributed by atoms with E-state index in [0.29, 0.717) is 0 Å². The minimum absolute atomic E-state index is 0.235. The minimum atomic E-state index is 0.235.